The quantitative estimate of drug-likeness (QED) is 0.757. The van der Waals surface area contributed by atoms with Crippen molar-refractivity contribution >= 4 is 12.0 Å². The highest BCUT2D eigenvalue weighted by molar-refractivity contribution is 5.76. The Labute approximate surface area is 125 Å². The van der Waals surface area contributed by atoms with E-state index in [1.807, 2.05) is 0 Å². The summed E-state index contributed by atoms with van der Waals surface area (Å²) in [5, 5.41) is 2.60. The summed E-state index contributed by atoms with van der Waals surface area (Å²) in [6.45, 7) is 7.71. The summed E-state index contributed by atoms with van der Waals surface area (Å²) < 4.78 is 10.4. The number of carbonyl (C=O) groups is 2. The van der Waals surface area contributed by atoms with Crippen molar-refractivity contribution < 1.29 is 23.9 Å². The average molecular weight is 302 g/mol. The number of ether oxygens (including phenoxy) is 2. The Bertz CT molecular complexity index is 348. The SMILES string of the molecule is CC(CC(=O)NOC1CCCCO1)NC(=O)OC(C)(C)C. The van der Waals surface area contributed by atoms with E-state index >= 15 is 0 Å². The second-order valence-corrected chi connectivity index (χ2v) is 6.19. The molecule has 2 atom stereocenters. The third kappa shape index (κ3) is 8.52. The molecule has 7 heteroatoms. The van der Waals surface area contributed by atoms with Crippen molar-refractivity contribution in [1.82, 2.24) is 10.8 Å². The molecule has 1 rings (SSSR count). The maximum absolute atomic E-state index is 11.7. The summed E-state index contributed by atoms with van der Waals surface area (Å²) in [7, 11) is 0. The molecule has 0 bridgehead atoms. The summed E-state index contributed by atoms with van der Waals surface area (Å²) in [6.07, 6.45) is 2.00. The zero-order valence-corrected chi connectivity index (χ0v) is 13.2. The van der Waals surface area contributed by atoms with E-state index < -0.39 is 11.7 Å². The van der Waals surface area contributed by atoms with Crippen LogP contribution >= 0.6 is 0 Å². The Morgan fingerprint density at radius 3 is 2.62 bits per heavy atom. The summed E-state index contributed by atoms with van der Waals surface area (Å²) >= 11 is 0. The van der Waals surface area contributed by atoms with Gasteiger partial charge in [0.25, 0.3) is 0 Å². The lowest BCUT2D eigenvalue weighted by Gasteiger charge is -2.23. The van der Waals surface area contributed by atoms with Gasteiger partial charge in [-0.05, 0) is 40.5 Å². The number of hydrogen-bond donors (Lipinski definition) is 2. The zero-order chi connectivity index (χ0) is 15.9. The summed E-state index contributed by atoms with van der Waals surface area (Å²) in [5.41, 5.74) is 1.79. The highest BCUT2D eigenvalue weighted by Gasteiger charge is 2.20. The van der Waals surface area contributed by atoms with Gasteiger partial charge in [0.2, 0.25) is 5.91 Å². The largest absolute Gasteiger partial charge is 0.444 e. The molecule has 0 radical (unpaired) electrons. The molecule has 0 aromatic carbocycles. The first-order valence-electron chi connectivity index (χ1n) is 7.32. The van der Waals surface area contributed by atoms with Crippen molar-refractivity contribution in [3.8, 4) is 0 Å². The van der Waals surface area contributed by atoms with Crippen LogP contribution in [0.15, 0.2) is 0 Å². The number of amides is 2. The minimum atomic E-state index is -0.562. The van der Waals surface area contributed by atoms with E-state index in [4.69, 9.17) is 14.3 Å². The van der Waals surface area contributed by atoms with Crippen molar-refractivity contribution in [2.45, 2.75) is 71.3 Å². The maximum atomic E-state index is 11.7. The molecule has 0 spiro atoms. The molecule has 0 saturated carbocycles. The van der Waals surface area contributed by atoms with Crippen LogP contribution < -0.4 is 10.8 Å². The van der Waals surface area contributed by atoms with Gasteiger partial charge in [0.15, 0.2) is 6.29 Å². The predicted octanol–water partition coefficient (Wildman–Crippen LogP) is 1.86. The molecule has 1 saturated heterocycles. The molecule has 1 heterocycles. The third-order valence-electron chi connectivity index (χ3n) is 2.70. The number of alkyl carbamates (subject to hydrolysis) is 1. The van der Waals surface area contributed by atoms with Crippen LogP contribution in [0.25, 0.3) is 0 Å². The van der Waals surface area contributed by atoms with E-state index in [1.54, 1.807) is 27.7 Å². The molecule has 0 aromatic heterocycles. The summed E-state index contributed by atoms with van der Waals surface area (Å²) in [4.78, 5) is 28.4. The predicted molar refractivity (Wildman–Crippen MR) is 76.3 cm³/mol. The van der Waals surface area contributed by atoms with Crippen molar-refractivity contribution in [2.24, 2.45) is 0 Å². The Kier molecular flexibility index (Phi) is 6.91. The van der Waals surface area contributed by atoms with Crippen LogP contribution in [0.2, 0.25) is 0 Å². The van der Waals surface area contributed by atoms with Gasteiger partial charge >= 0.3 is 6.09 Å². The van der Waals surface area contributed by atoms with Crippen LogP contribution in [0, 0.1) is 0 Å². The van der Waals surface area contributed by atoms with Crippen LogP contribution in [0.3, 0.4) is 0 Å². The lowest BCUT2D eigenvalue weighted by Crippen LogP contribution is -2.41. The van der Waals surface area contributed by atoms with E-state index in [9.17, 15) is 9.59 Å². The summed E-state index contributed by atoms with van der Waals surface area (Å²) in [6, 6.07) is -0.351. The number of nitrogens with one attached hydrogen (secondary N) is 2. The Morgan fingerprint density at radius 1 is 1.33 bits per heavy atom. The van der Waals surface area contributed by atoms with Gasteiger partial charge < -0.3 is 14.8 Å². The normalized spacial score (nSPS) is 20.5. The molecule has 1 aliphatic rings. The van der Waals surface area contributed by atoms with Crippen molar-refractivity contribution in [2.75, 3.05) is 6.61 Å². The second-order valence-electron chi connectivity index (χ2n) is 6.19. The Balaban J connectivity index is 2.19. The molecule has 7 nitrogen and oxygen atoms in total. The number of hydroxylamine groups is 1. The fourth-order valence-electron chi connectivity index (χ4n) is 1.82. The minimum absolute atomic E-state index is 0.103. The van der Waals surface area contributed by atoms with E-state index in [2.05, 4.69) is 10.8 Å². The van der Waals surface area contributed by atoms with E-state index in [-0.39, 0.29) is 24.7 Å². The van der Waals surface area contributed by atoms with Gasteiger partial charge in [-0.2, -0.15) is 0 Å². The number of rotatable bonds is 5. The molecule has 122 valence electrons. The first-order chi connectivity index (χ1) is 9.76. The fourth-order valence-corrected chi connectivity index (χ4v) is 1.82. The highest BCUT2D eigenvalue weighted by atomic mass is 16.8. The van der Waals surface area contributed by atoms with Crippen molar-refractivity contribution in [1.29, 1.82) is 0 Å². The molecule has 0 aromatic rings. The average Bonchev–Trinajstić information content (AvgIpc) is 2.35. The Hall–Kier alpha value is -1.34. The van der Waals surface area contributed by atoms with Gasteiger partial charge in [0, 0.05) is 25.5 Å². The molecule has 2 amide bonds. The molecule has 2 unspecified atom stereocenters. The van der Waals surface area contributed by atoms with Crippen molar-refractivity contribution in [3.63, 3.8) is 0 Å². The fraction of sp³-hybridized carbons (Fsp3) is 0.857. The van der Waals surface area contributed by atoms with E-state index in [0.29, 0.717) is 6.61 Å². The van der Waals surface area contributed by atoms with E-state index in [0.717, 1.165) is 19.3 Å². The molecule has 0 aliphatic carbocycles. The van der Waals surface area contributed by atoms with Crippen LogP contribution in [0.4, 0.5) is 4.79 Å². The standard InChI is InChI=1S/C14H26N2O5/c1-10(15-13(18)20-14(2,3)4)9-11(17)16-21-12-7-5-6-8-19-12/h10,12H,5-9H2,1-4H3,(H,15,18)(H,16,17). The lowest BCUT2D eigenvalue weighted by molar-refractivity contribution is -0.200. The monoisotopic (exact) mass is 302 g/mol. The van der Waals surface area contributed by atoms with Gasteiger partial charge in [-0.1, -0.05) is 0 Å². The van der Waals surface area contributed by atoms with Gasteiger partial charge in [-0.3, -0.25) is 4.79 Å². The van der Waals surface area contributed by atoms with Crippen LogP contribution in [0.5, 0.6) is 0 Å². The Morgan fingerprint density at radius 2 is 2.05 bits per heavy atom. The minimum Gasteiger partial charge on any atom is -0.444 e. The molecule has 2 N–H and O–H groups in total. The number of hydrogen-bond acceptors (Lipinski definition) is 5. The lowest BCUT2D eigenvalue weighted by atomic mass is 10.2. The topological polar surface area (TPSA) is 85.9 Å². The maximum Gasteiger partial charge on any atom is 0.407 e. The highest BCUT2D eigenvalue weighted by Crippen LogP contribution is 2.12. The van der Waals surface area contributed by atoms with Crippen LogP contribution in [0.1, 0.15) is 53.4 Å². The first-order valence-corrected chi connectivity index (χ1v) is 7.32. The number of carbonyl (C=O) groups excluding carboxylic acids is 2. The smallest absolute Gasteiger partial charge is 0.407 e. The van der Waals surface area contributed by atoms with Gasteiger partial charge in [-0.25, -0.2) is 15.1 Å². The molecular weight excluding hydrogens is 276 g/mol. The molecule has 21 heavy (non-hydrogen) atoms. The third-order valence-corrected chi connectivity index (χ3v) is 2.70. The van der Waals surface area contributed by atoms with E-state index in [1.165, 1.54) is 0 Å². The summed E-state index contributed by atoms with van der Waals surface area (Å²) in [5.74, 6) is -0.312. The zero-order valence-electron chi connectivity index (χ0n) is 13.2. The van der Waals surface area contributed by atoms with Gasteiger partial charge in [0.1, 0.15) is 5.60 Å². The molecule has 1 fully saturated rings. The second kappa shape index (κ2) is 8.19. The first kappa shape index (κ1) is 17.7. The van der Waals surface area contributed by atoms with Gasteiger partial charge in [0.05, 0.1) is 0 Å². The van der Waals surface area contributed by atoms with Crippen LogP contribution in [-0.4, -0.2) is 36.5 Å². The van der Waals surface area contributed by atoms with Crippen LogP contribution in [-0.2, 0) is 19.1 Å². The molecular formula is C14H26N2O5. The van der Waals surface area contributed by atoms with Gasteiger partial charge in [-0.15, -0.1) is 0 Å². The van der Waals surface area contributed by atoms with Crippen molar-refractivity contribution in [3.05, 3.63) is 0 Å². The molecule has 1 aliphatic heterocycles.